The quantitative estimate of drug-likeness (QED) is 0.272. The van der Waals surface area contributed by atoms with E-state index in [4.69, 9.17) is 4.99 Å². The second-order valence-electron chi connectivity index (χ2n) is 9.18. The highest BCUT2D eigenvalue weighted by molar-refractivity contribution is 6.06. The topological polar surface area (TPSA) is 77.0 Å². The van der Waals surface area contributed by atoms with E-state index in [1.165, 1.54) is 30.8 Å². The number of carbonyl (C=O) groups is 2. The van der Waals surface area contributed by atoms with E-state index in [1.54, 1.807) is 0 Å². The number of fused-ring (bicyclic) bond motifs is 5. The molecule has 4 aliphatic rings. The minimum Gasteiger partial charge on any atom is -0.357 e. The van der Waals surface area contributed by atoms with E-state index in [-0.39, 0.29) is 35.5 Å². The van der Waals surface area contributed by atoms with E-state index in [1.807, 2.05) is 0 Å². The standard InChI is InChI=1S/C23H37N5O2/c1-3-24-23(25-10-7-16-8-12-27(4-2)13-9-16)26-11-14-28-21(29)19-17-5-6-18(15-17)20(19)22(28)30/h5-6,16-20H,3-4,7-15H2,1-2H3,(H2,24,25,26). The van der Waals surface area contributed by atoms with Gasteiger partial charge in [0.25, 0.3) is 0 Å². The lowest BCUT2D eigenvalue weighted by atomic mass is 9.85. The van der Waals surface area contributed by atoms with Gasteiger partial charge >= 0.3 is 0 Å². The van der Waals surface area contributed by atoms with Crippen molar-refractivity contribution >= 4 is 17.8 Å². The number of aliphatic imine (C=N–C) groups is 1. The molecule has 4 unspecified atom stereocenters. The number of nitrogens with zero attached hydrogens (tertiary/aromatic N) is 3. The number of piperidine rings is 1. The first-order valence-corrected chi connectivity index (χ1v) is 11.9. The molecular weight excluding hydrogens is 378 g/mol. The van der Waals surface area contributed by atoms with Crippen molar-refractivity contribution in [1.29, 1.82) is 0 Å². The molecule has 0 aromatic heterocycles. The van der Waals surface area contributed by atoms with E-state index < -0.39 is 0 Å². The minimum absolute atomic E-state index is 0.0315. The van der Waals surface area contributed by atoms with Gasteiger partial charge in [-0.05, 0) is 70.0 Å². The molecule has 2 heterocycles. The molecule has 166 valence electrons. The zero-order valence-electron chi connectivity index (χ0n) is 18.5. The Morgan fingerprint density at radius 3 is 2.33 bits per heavy atom. The van der Waals surface area contributed by atoms with Gasteiger partial charge in [-0.15, -0.1) is 0 Å². The molecule has 7 nitrogen and oxygen atoms in total. The Bertz CT molecular complexity index is 668. The normalized spacial score (nSPS) is 31.7. The maximum absolute atomic E-state index is 12.8. The minimum atomic E-state index is -0.103. The zero-order chi connectivity index (χ0) is 21.1. The van der Waals surface area contributed by atoms with E-state index in [2.05, 4.69) is 41.5 Å². The molecule has 7 heteroatoms. The van der Waals surface area contributed by atoms with Crippen LogP contribution in [0.15, 0.2) is 17.1 Å². The number of hydrogen-bond acceptors (Lipinski definition) is 4. The van der Waals surface area contributed by atoms with Crippen LogP contribution in [-0.2, 0) is 9.59 Å². The lowest BCUT2D eigenvalue weighted by Crippen LogP contribution is -2.43. The number of guanidine groups is 1. The van der Waals surface area contributed by atoms with Gasteiger partial charge in [0.05, 0.1) is 11.8 Å². The van der Waals surface area contributed by atoms with Gasteiger partial charge in [0, 0.05) is 26.2 Å². The first-order chi connectivity index (χ1) is 14.6. The molecule has 4 rings (SSSR count). The van der Waals surface area contributed by atoms with Crippen molar-refractivity contribution < 1.29 is 9.59 Å². The summed E-state index contributed by atoms with van der Waals surface area (Å²) in [6, 6.07) is 0. The molecule has 2 aliphatic heterocycles. The third-order valence-corrected chi connectivity index (χ3v) is 7.50. The number of allylic oxidation sites excluding steroid dienone is 2. The number of hydrogen-bond donors (Lipinski definition) is 2. The van der Waals surface area contributed by atoms with Gasteiger partial charge in [-0.25, -0.2) is 0 Å². The van der Waals surface area contributed by atoms with E-state index >= 15 is 0 Å². The van der Waals surface area contributed by atoms with Gasteiger partial charge in [0.15, 0.2) is 5.96 Å². The summed E-state index contributed by atoms with van der Waals surface area (Å²) in [6.07, 6.45) is 8.92. The van der Waals surface area contributed by atoms with Gasteiger partial charge in [0.2, 0.25) is 11.8 Å². The third-order valence-electron chi connectivity index (χ3n) is 7.50. The fourth-order valence-electron chi connectivity index (χ4n) is 5.76. The summed E-state index contributed by atoms with van der Waals surface area (Å²) in [4.78, 5) is 34.3. The van der Waals surface area contributed by atoms with Crippen molar-refractivity contribution in [3.8, 4) is 0 Å². The summed E-state index contributed by atoms with van der Waals surface area (Å²) >= 11 is 0. The summed E-state index contributed by atoms with van der Waals surface area (Å²) in [5, 5.41) is 6.60. The first kappa shape index (κ1) is 21.3. The van der Waals surface area contributed by atoms with Crippen LogP contribution in [0.5, 0.6) is 0 Å². The molecule has 2 bridgehead atoms. The Labute approximate surface area is 180 Å². The zero-order valence-corrected chi connectivity index (χ0v) is 18.5. The van der Waals surface area contributed by atoms with E-state index in [9.17, 15) is 9.59 Å². The molecule has 4 atom stereocenters. The summed E-state index contributed by atoms with van der Waals surface area (Å²) in [7, 11) is 0. The smallest absolute Gasteiger partial charge is 0.233 e. The van der Waals surface area contributed by atoms with Crippen LogP contribution in [0, 0.1) is 29.6 Å². The van der Waals surface area contributed by atoms with Gasteiger partial charge in [-0.2, -0.15) is 0 Å². The third kappa shape index (κ3) is 4.27. The Kier molecular flexibility index (Phi) is 6.76. The van der Waals surface area contributed by atoms with Crippen LogP contribution in [0.1, 0.15) is 39.5 Å². The molecule has 2 N–H and O–H groups in total. The van der Waals surface area contributed by atoms with Crippen LogP contribution in [0.4, 0.5) is 0 Å². The van der Waals surface area contributed by atoms with E-state index in [0.717, 1.165) is 44.4 Å². The predicted molar refractivity (Wildman–Crippen MR) is 118 cm³/mol. The van der Waals surface area contributed by atoms with Gasteiger partial charge in [-0.3, -0.25) is 19.5 Å². The largest absolute Gasteiger partial charge is 0.357 e. The predicted octanol–water partition coefficient (Wildman–Crippen LogP) is 1.47. The summed E-state index contributed by atoms with van der Waals surface area (Å²) in [6.45, 7) is 10.4. The lowest BCUT2D eigenvalue weighted by Gasteiger charge is -2.30. The second kappa shape index (κ2) is 9.50. The van der Waals surface area contributed by atoms with Crippen LogP contribution in [-0.4, -0.2) is 73.4 Å². The van der Waals surface area contributed by atoms with Crippen LogP contribution in [0.3, 0.4) is 0 Å². The molecule has 2 saturated heterocycles. The number of rotatable bonds is 8. The molecule has 1 saturated carbocycles. The molecule has 2 aliphatic carbocycles. The molecule has 0 aromatic carbocycles. The summed E-state index contributed by atoms with van der Waals surface area (Å²) in [5.41, 5.74) is 0. The fraction of sp³-hybridized carbons (Fsp3) is 0.783. The van der Waals surface area contributed by atoms with Crippen molar-refractivity contribution in [2.45, 2.75) is 39.5 Å². The van der Waals surface area contributed by atoms with E-state index in [0.29, 0.717) is 13.1 Å². The van der Waals surface area contributed by atoms with Crippen LogP contribution >= 0.6 is 0 Å². The molecule has 0 radical (unpaired) electrons. The first-order valence-electron chi connectivity index (χ1n) is 11.9. The van der Waals surface area contributed by atoms with Crippen molar-refractivity contribution in [2.75, 3.05) is 45.8 Å². The van der Waals surface area contributed by atoms with Gasteiger partial charge in [0.1, 0.15) is 0 Å². The number of likely N-dealkylation sites (tertiary alicyclic amines) is 2. The second-order valence-corrected chi connectivity index (χ2v) is 9.18. The number of amides is 2. The maximum Gasteiger partial charge on any atom is 0.233 e. The molecule has 0 aromatic rings. The highest BCUT2D eigenvalue weighted by Crippen LogP contribution is 2.52. The Balaban J connectivity index is 1.22. The molecule has 3 fully saturated rings. The molecule has 2 amide bonds. The van der Waals surface area contributed by atoms with Crippen LogP contribution < -0.4 is 10.6 Å². The Hall–Kier alpha value is -1.89. The van der Waals surface area contributed by atoms with Crippen LogP contribution in [0.2, 0.25) is 0 Å². The average Bonchev–Trinajstić information content (AvgIpc) is 3.44. The number of nitrogens with one attached hydrogen (secondary N) is 2. The highest BCUT2D eigenvalue weighted by atomic mass is 16.2. The lowest BCUT2D eigenvalue weighted by molar-refractivity contribution is -0.140. The molecule has 30 heavy (non-hydrogen) atoms. The van der Waals surface area contributed by atoms with Gasteiger partial charge < -0.3 is 15.5 Å². The fourth-order valence-corrected chi connectivity index (χ4v) is 5.76. The summed E-state index contributed by atoms with van der Waals surface area (Å²) in [5.74, 6) is 1.96. The van der Waals surface area contributed by atoms with Crippen molar-refractivity contribution in [1.82, 2.24) is 20.4 Å². The summed E-state index contributed by atoms with van der Waals surface area (Å²) < 4.78 is 0. The molecule has 0 spiro atoms. The maximum atomic E-state index is 12.8. The van der Waals surface area contributed by atoms with Crippen LogP contribution in [0.25, 0.3) is 0 Å². The number of imide groups is 1. The Morgan fingerprint density at radius 2 is 1.73 bits per heavy atom. The van der Waals surface area contributed by atoms with Crippen molar-refractivity contribution in [2.24, 2.45) is 34.6 Å². The number of carbonyl (C=O) groups excluding carboxylic acids is 2. The average molecular weight is 416 g/mol. The van der Waals surface area contributed by atoms with Gasteiger partial charge in [-0.1, -0.05) is 19.1 Å². The molecular formula is C23H37N5O2. The van der Waals surface area contributed by atoms with Crippen molar-refractivity contribution in [3.05, 3.63) is 12.2 Å². The Morgan fingerprint density at radius 1 is 1.07 bits per heavy atom. The monoisotopic (exact) mass is 415 g/mol. The SMILES string of the molecule is CCNC(=NCCC1CCN(CC)CC1)NCCN1C(=O)C2C3C=CC(C3)C2C1=O. The highest BCUT2D eigenvalue weighted by Gasteiger charge is 2.58. The van der Waals surface area contributed by atoms with Crippen molar-refractivity contribution in [3.63, 3.8) is 0 Å².